The Morgan fingerprint density at radius 3 is 2.29 bits per heavy atom. The molecule has 0 atom stereocenters. The first-order valence-electron chi connectivity index (χ1n) is 8.28. The van der Waals surface area contributed by atoms with Crippen LogP contribution in [0.25, 0.3) is 0 Å². The standard InChI is InChI=1S/C11H16N2O.C4H9N.C2H6/c1-2-10-3-4-11(9-12-10)13-5-7-14-8-6-13;1-5-4-2-3-4;1-2/h3-4,9H,2,5-8H2,1H3;4-5H,2-3H2,1H3;1-2H3. The Kier molecular flexibility index (Phi) is 9.02. The molecule has 0 bridgehead atoms. The zero-order valence-electron chi connectivity index (χ0n) is 14.1. The van der Waals surface area contributed by atoms with Crippen molar-refractivity contribution in [3.05, 3.63) is 24.0 Å². The van der Waals surface area contributed by atoms with Gasteiger partial charge in [0.2, 0.25) is 0 Å². The molecule has 0 spiro atoms. The molecule has 1 aliphatic carbocycles. The van der Waals surface area contributed by atoms with E-state index in [2.05, 4.69) is 34.3 Å². The van der Waals surface area contributed by atoms with E-state index >= 15 is 0 Å². The van der Waals surface area contributed by atoms with Gasteiger partial charge < -0.3 is 15.0 Å². The van der Waals surface area contributed by atoms with E-state index in [0.717, 1.165) is 44.5 Å². The second kappa shape index (κ2) is 10.6. The van der Waals surface area contributed by atoms with Crippen molar-refractivity contribution in [3.8, 4) is 0 Å². The molecule has 1 aromatic heterocycles. The minimum atomic E-state index is 0.829. The molecule has 2 fully saturated rings. The van der Waals surface area contributed by atoms with Crippen molar-refractivity contribution in [3.63, 3.8) is 0 Å². The number of pyridine rings is 1. The number of aromatic nitrogens is 1. The van der Waals surface area contributed by atoms with E-state index in [1.165, 1.54) is 18.5 Å². The lowest BCUT2D eigenvalue weighted by Crippen LogP contribution is -2.36. The van der Waals surface area contributed by atoms with Crippen LogP contribution in [0.4, 0.5) is 5.69 Å². The largest absolute Gasteiger partial charge is 0.378 e. The SMILES string of the molecule is CC.CCc1ccc(N2CCOCC2)cn1.CNC1CC1. The number of rotatable bonds is 3. The summed E-state index contributed by atoms with van der Waals surface area (Å²) in [5.74, 6) is 0. The van der Waals surface area contributed by atoms with Gasteiger partial charge in [0.25, 0.3) is 0 Å². The maximum atomic E-state index is 5.30. The highest BCUT2D eigenvalue weighted by molar-refractivity contribution is 5.44. The Hall–Kier alpha value is -1.13. The first-order chi connectivity index (χ1) is 10.3. The van der Waals surface area contributed by atoms with Crippen LogP contribution < -0.4 is 10.2 Å². The van der Waals surface area contributed by atoms with E-state index in [4.69, 9.17) is 4.74 Å². The second-order valence-corrected chi connectivity index (χ2v) is 5.02. The Balaban J connectivity index is 0.000000263. The summed E-state index contributed by atoms with van der Waals surface area (Å²) in [4.78, 5) is 6.71. The molecule has 4 nitrogen and oxygen atoms in total. The van der Waals surface area contributed by atoms with Gasteiger partial charge in [-0.1, -0.05) is 20.8 Å². The molecular weight excluding hydrogens is 262 g/mol. The monoisotopic (exact) mass is 293 g/mol. The topological polar surface area (TPSA) is 37.4 Å². The van der Waals surface area contributed by atoms with Crippen molar-refractivity contribution in [1.82, 2.24) is 10.3 Å². The highest BCUT2D eigenvalue weighted by Crippen LogP contribution is 2.17. The van der Waals surface area contributed by atoms with E-state index in [9.17, 15) is 0 Å². The third-order valence-electron chi connectivity index (χ3n) is 3.53. The third kappa shape index (κ3) is 6.91. The van der Waals surface area contributed by atoms with Crippen LogP contribution in [-0.2, 0) is 11.2 Å². The molecule has 21 heavy (non-hydrogen) atoms. The predicted octanol–water partition coefficient (Wildman–Crippen LogP) is 2.88. The fourth-order valence-electron chi connectivity index (χ4n) is 2.01. The van der Waals surface area contributed by atoms with Gasteiger partial charge in [-0.05, 0) is 38.4 Å². The fraction of sp³-hybridized carbons (Fsp3) is 0.706. The van der Waals surface area contributed by atoms with Crippen molar-refractivity contribution >= 4 is 5.69 Å². The minimum absolute atomic E-state index is 0.829. The third-order valence-corrected chi connectivity index (χ3v) is 3.53. The van der Waals surface area contributed by atoms with Gasteiger partial charge in [0.05, 0.1) is 25.1 Å². The number of aryl methyl sites for hydroxylation is 1. The number of nitrogens with one attached hydrogen (secondary N) is 1. The molecule has 4 heteroatoms. The highest BCUT2D eigenvalue weighted by Gasteiger charge is 2.17. The van der Waals surface area contributed by atoms with Gasteiger partial charge in [0, 0.05) is 24.8 Å². The number of nitrogens with zero attached hydrogens (tertiary/aromatic N) is 2. The molecular formula is C17H31N3O. The van der Waals surface area contributed by atoms with Gasteiger partial charge in [-0.25, -0.2) is 0 Å². The van der Waals surface area contributed by atoms with Crippen LogP contribution in [0.2, 0.25) is 0 Å². The molecule has 1 saturated carbocycles. The summed E-state index contributed by atoms with van der Waals surface area (Å²) >= 11 is 0. The first-order valence-corrected chi connectivity index (χ1v) is 8.28. The van der Waals surface area contributed by atoms with Gasteiger partial charge >= 0.3 is 0 Å². The van der Waals surface area contributed by atoms with Crippen molar-refractivity contribution < 1.29 is 4.74 Å². The van der Waals surface area contributed by atoms with Crippen LogP contribution in [-0.4, -0.2) is 44.4 Å². The quantitative estimate of drug-likeness (QED) is 0.930. The summed E-state index contributed by atoms with van der Waals surface area (Å²) in [6.07, 6.45) is 5.76. The van der Waals surface area contributed by atoms with E-state index in [0.29, 0.717) is 0 Å². The summed E-state index contributed by atoms with van der Waals surface area (Å²) in [5, 5.41) is 3.14. The minimum Gasteiger partial charge on any atom is -0.378 e. The van der Waals surface area contributed by atoms with Crippen molar-refractivity contribution in [1.29, 1.82) is 0 Å². The number of morpholine rings is 1. The van der Waals surface area contributed by atoms with E-state index in [-0.39, 0.29) is 0 Å². The average molecular weight is 293 g/mol. The second-order valence-electron chi connectivity index (χ2n) is 5.02. The highest BCUT2D eigenvalue weighted by atomic mass is 16.5. The van der Waals surface area contributed by atoms with Crippen molar-refractivity contribution in [2.75, 3.05) is 38.3 Å². The lowest BCUT2D eigenvalue weighted by Gasteiger charge is -2.28. The molecule has 120 valence electrons. The molecule has 1 aliphatic heterocycles. The van der Waals surface area contributed by atoms with Crippen LogP contribution >= 0.6 is 0 Å². The molecule has 0 radical (unpaired) electrons. The van der Waals surface area contributed by atoms with Crippen LogP contribution in [0, 0.1) is 0 Å². The zero-order chi connectivity index (χ0) is 15.5. The van der Waals surface area contributed by atoms with Crippen LogP contribution in [0.1, 0.15) is 39.3 Å². The number of hydrogen-bond donors (Lipinski definition) is 1. The number of anilines is 1. The maximum absolute atomic E-state index is 5.30. The van der Waals surface area contributed by atoms with Crippen LogP contribution in [0.15, 0.2) is 18.3 Å². The van der Waals surface area contributed by atoms with Gasteiger partial charge in [0.15, 0.2) is 0 Å². The van der Waals surface area contributed by atoms with Gasteiger partial charge in [-0.2, -0.15) is 0 Å². The fourth-order valence-corrected chi connectivity index (χ4v) is 2.01. The Labute approximate surface area is 129 Å². The Morgan fingerprint density at radius 1 is 1.24 bits per heavy atom. The summed E-state index contributed by atoms with van der Waals surface area (Å²) < 4.78 is 5.30. The molecule has 0 amide bonds. The zero-order valence-corrected chi connectivity index (χ0v) is 14.1. The van der Waals surface area contributed by atoms with Crippen molar-refractivity contribution in [2.24, 2.45) is 0 Å². The lowest BCUT2D eigenvalue weighted by atomic mass is 10.2. The molecule has 1 aromatic rings. The van der Waals surface area contributed by atoms with Crippen LogP contribution in [0.5, 0.6) is 0 Å². The number of ether oxygens (including phenoxy) is 1. The summed E-state index contributed by atoms with van der Waals surface area (Å²) in [5.41, 5.74) is 2.37. The molecule has 1 saturated heterocycles. The molecule has 3 rings (SSSR count). The van der Waals surface area contributed by atoms with Crippen molar-refractivity contribution in [2.45, 2.75) is 46.1 Å². The summed E-state index contributed by atoms with van der Waals surface area (Å²) in [7, 11) is 2.01. The summed E-state index contributed by atoms with van der Waals surface area (Å²) in [6.45, 7) is 9.74. The molecule has 0 aromatic carbocycles. The van der Waals surface area contributed by atoms with E-state index in [1.807, 2.05) is 27.1 Å². The van der Waals surface area contributed by atoms with Crippen LogP contribution in [0.3, 0.4) is 0 Å². The molecule has 0 unspecified atom stereocenters. The molecule has 2 heterocycles. The van der Waals surface area contributed by atoms with E-state index in [1.54, 1.807) is 0 Å². The van der Waals surface area contributed by atoms with Gasteiger partial charge in [-0.3, -0.25) is 4.98 Å². The summed E-state index contributed by atoms with van der Waals surface area (Å²) in [6, 6.07) is 5.14. The molecule has 1 N–H and O–H groups in total. The maximum Gasteiger partial charge on any atom is 0.0642 e. The Bertz CT molecular complexity index is 357. The smallest absolute Gasteiger partial charge is 0.0642 e. The van der Waals surface area contributed by atoms with Gasteiger partial charge in [0.1, 0.15) is 0 Å². The normalized spacial score (nSPS) is 17.2. The lowest BCUT2D eigenvalue weighted by molar-refractivity contribution is 0.122. The number of hydrogen-bond acceptors (Lipinski definition) is 4. The predicted molar refractivity (Wildman–Crippen MR) is 90.1 cm³/mol. The first kappa shape index (κ1) is 17.9. The van der Waals surface area contributed by atoms with E-state index < -0.39 is 0 Å². The average Bonchev–Trinajstić information content (AvgIpc) is 3.43. The van der Waals surface area contributed by atoms with Gasteiger partial charge in [-0.15, -0.1) is 0 Å². The Morgan fingerprint density at radius 2 is 1.90 bits per heavy atom. The molecule has 2 aliphatic rings.